The van der Waals surface area contributed by atoms with Gasteiger partial charge >= 0.3 is 5.97 Å². The van der Waals surface area contributed by atoms with Crippen molar-refractivity contribution in [2.75, 3.05) is 16.3 Å². The van der Waals surface area contributed by atoms with Gasteiger partial charge in [-0.2, -0.15) is 0 Å². The van der Waals surface area contributed by atoms with E-state index in [1.54, 1.807) is 43.3 Å². The molecule has 3 aliphatic rings. The quantitative estimate of drug-likeness (QED) is 0.181. The number of hydrogen-bond acceptors (Lipinski definition) is 5. The zero-order chi connectivity index (χ0) is 26.6. The molecule has 3 amide bonds. The predicted molar refractivity (Wildman–Crippen MR) is 148 cm³/mol. The van der Waals surface area contributed by atoms with Crippen molar-refractivity contribution in [2.24, 2.45) is 17.8 Å². The van der Waals surface area contributed by atoms with Crippen LogP contribution in [0, 0.1) is 24.7 Å². The Morgan fingerprint density at radius 3 is 2.24 bits per heavy atom. The molecule has 0 radical (unpaired) electrons. The number of fused-ring (bicyclic) bond motifs is 1. The molecule has 0 N–H and O–H groups in total. The normalized spacial score (nSPS) is 27.6. The minimum Gasteiger partial charge on any atom is -0.426 e. The number of anilines is 2. The van der Waals surface area contributed by atoms with Crippen LogP contribution in [0.1, 0.15) is 24.8 Å². The number of amides is 3. The maximum Gasteiger partial charge on any atom is 0.316 e. The van der Waals surface area contributed by atoms with Gasteiger partial charge in [0.15, 0.2) is 0 Å². The molecule has 11 heteroatoms. The second kappa shape index (κ2) is 10.3. The molecule has 2 saturated heterocycles. The van der Waals surface area contributed by atoms with Crippen molar-refractivity contribution in [3.8, 4) is 5.75 Å². The number of nitrogens with zero attached hydrogens (tertiary/aromatic N) is 2. The number of esters is 1. The summed E-state index contributed by atoms with van der Waals surface area (Å²) in [7, 11) is 0. The SMILES string of the molecule is Cc1cc(OC(=O)[C@@H]2CC(=O)N(c3cccc(Cl)c3Cl)C2)ccc1N1C(=O)[C@@H]2C[C@H](Br)[C@@H](Br)C[C@H]2C1=O. The van der Waals surface area contributed by atoms with Crippen molar-refractivity contribution >= 4 is 90.1 Å². The van der Waals surface area contributed by atoms with Gasteiger partial charge in [-0.1, -0.05) is 61.1 Å². The molecule has 2 heterocycles. The minimum absolute atomic E-state index is 0.0125. The molecular weight excluding hydrogens is 651 g/mol. The van der Waals surface area contributed by atoms with E-state index in [0.29, 0.717) is 34.8 Å². The first-order valence-electron chi connectivity index (χ1n) is 11.8. The molecule has 5 rings (SSSR count). The predicted octanol–water partition coefficient (Wildman–Crippen LogP) is 5.69. The van der Waals surface area contributed by atoms with Crippen molar-refractivity contribution in [1.29, 1.82) is 0 Å². The van der Waals surface area contributed by atoms with Gasteiger partial charge in [-0.3, -0.25) is 19.2 Å². The fourth-order valence-corrected chi connectivity index (χ4v) is 6.91. The first-order chi connectivity index (χ1) is 17.6. The average molecular weight is 673 g/mol. The molecule has 0 spiro atoms. The van der Waals surface area contributed by atoms with Crippen LogP contribution >= 0.6 is 55.1 Å². The van der Waals surface area contributed by atoms with Crippen LogP contribution in [0.15, 0.2) is 36.4 Å². The van der Waals surface area contributed by atoms with Gasteiger partial charge in [0.05, 0.1) is 39.2 Å². The summed E-state index contributed by atoms with van der Waals surface area (Å²) in [6.07, 6.45) is 1.17. The Morgan fingerprint density at radius 1 is 0.973 bits per heavy atom. The Kier molecular flexibility index (Phi) is 7.44. The molecule has 0 bridgehead atoms. The number of carbonyl (C=O) groups excluding carboxylic acids is 4. The lowest BCUT2D eigenvalue weighted by atomic mass is 9.81. The Balaban J connectivity index is 1.29. The van der Waals surface area contributed by atoms with Gasteiger partial charge in [0.2, 0.25) is 17.7 Å². The fourth-order valence-electron chi connectivity index (χ4n) is 5.27. The van der Waals surface area contributed by atoms with Crippen LogP contribution in [0.25, 0.3) is 0 Å². The first-order valence-corrected chi connectivity index (χ1v) is 14.4. The standard InChI is InChI=1S/C26H22Br2Cl2N2O5/c1-12-7-14(5-6-20(12)32-24(34)15-9-17(27)18(28)10-16(15)25(32)35)37-26(36)13-8-22(33)31(11-13)21-4-2-3-19(29)23(21)30/h2-7,13,15-18H,8-11H2,1H3/t13-,15-,16-,17+,18+/m1/s1. The summed E-state index contributed by atoms with van der Waals surface area (Å²) < 4.78 is 5.58. The lowest BCUT2D eigenvalue weighted by molar-refractivity contribution is -0.139. The molecule has 2 aromatic rings. The molecule has 194 valence electrons. The molecule has 5 atom stereocenters. The second-order valence-electron chi connectivity index (χ2n) is 9.58. The number of halogens is 4. The zero-order valence-electron chi connectivity index (χ0n) is 19.6. The van der Waals surface area contributed by atoms with Gasteiger partial charge in [-0.25, -0.2) is 4.90 Å². The molecule has 2 aromatic carbocycles. The van der Waals surface area contributed by atoms with E-state index in [-0.39, 0.29) is 62.9 Å². The van der Waals surface area contributed by atoms with Crippen molar-refractivity contribution < 1.29 is 23.9 Å². The second-order valence-corrected chi connectivity index (χ2v) is 12.7. The van der Waals surface area contributed by atoms with E-state index >= 15 is 0 Å². The summed E-state index contributed by atoms with van der Waals surface area (Å²) in [6, 6.07) is 9.80. The van der Waals surface area contributed by atoms with Crippen LogP contribution in [-0.2, 0) is 19.2 Å². The molecule has 7 nitrogen and oxygen atoms in total. The van der Waals surface area contributed by atoms with Crippen LogP contribution in [0.3, 0.4) is 0 Å². The van der Waals surface area contributed by atoms with Gasteiger partial charge in [-0.05, 0) is 55.7 Å². The van der Waals surface area contributed by atoms with Gasteiger partial charge in [0.1, 0.15) is 5.75 Å². The van der Waals surface area contributed by atoms with E-state index in [0.717, 1.165) is 0 Å². The monoisotopic (exact) mass is 670 g/mol. The maximum absolute atomic E-state index is 13.1. The molecule has 0 aromatic heterocycles. The van der Waals surface area contributed by atoms with Crippen molar-refractivity contribution in [3.63, 3.8) is 0 Å². The third-order valence-corrected chi connectivity index (χ3v) is 10.8. The van der Waals surface area contributed by atoms with Gasteiger partial charge in [-0.15, -0.1) is 0 Å². The summed E-state index contributed by atoms with van der Waals surface area (Å²) in [5, 5.41) is 0.573. The number of hydrogen-bond donors (Lipinski definition) is 0. The lowest BCUT2D eigenvalue weighted by Crippen LogP contribution is -2.34. The molecule has 1 aliphatic carbocycles. The first kappa shape index (κ1) is 26.7. The van der Waals surface area contributed by atoms with Gasteiger partial charge < -0.3 is 9.64 Å². The summed E-state index contributed by atoms with van der Waals surface area (Å²) in [5.41, 5.74) is 1.57. The van der Waals surface area contributed by atoms with Crippen molar-refractivity contribution in [3.05, 3.63) is 52.0 Å². The van der Waals surface area contributed by atoms with Crippen molar-refractivity contribution in [1.82, 2.24) is 0 Å². The van der Waals surface area contributed by atoms with Crippen LogP contribution < -0.4 is 14.5 Å². The molecule has 1 saturated carbocycles. The highest BCUT2D eigenvalue weighted by Crippen LogP contribution is 2.45. The zero-order valence-corrected chi connectivity index (χ0v) is 24.3. The number of carbonyl (C=O) groups is 4. The number of aryl methyl sites for hydroxylation is 1. The summed E-state index contributed by atoms with van der Waals surface area (Å²) in [5.74, 6) is -2.30. The number of benzene rings is 2. The Labute approximate surface area is 240 Å². The summed E-state index contributed by atoms with van der Waals surface area (Å²) in [6.45, 7) is 1.88. The Morgan fingerprint density at radius 2 is 1.62 bits per heavy atom. The van der Waals surface area contributed by atoms with E-state index in [4.69, 9.17) is 27.9 Å². The van der Waals surface area contributed by atoms with Gasteiger partial charge in [0.25, 0.3) is 0 Å². The van der Waals surface area contributed by atoms with Crippen LogP contribution in [0.4, 0.5) is 11.4 Å². The third kappa shape index (κ3) is 4.84. The van der Waals surface area contributed by atoms with Gasteiger partial charge in [0, 0.05) is 22.6 Å². The van der Waals surface area contributed by atoms with E-state index in [1.807, 2.05) is 0 Å². The van der Waals surface area contributed by atoms with Crippen LogP contribution in [-0.4, -0.2) is 39.9 Å². The largest absolute Gasteiger partial charge is 0.426 e. The van der Waals surface area contributed by atoms with E-state index in [2.05, 4.69) is 31.9 Å². The number of ether oxygens (including phenoxy) is 1. The molecule has 2 aliphatic heterocycles. The summed E-state index contributed by atoms with van der Waals surface area (Å²) in [4.78, 5) is 54.7. The van der Waals surface area contributed by atoms with E-state index in [9.17, 15) is 19.2 Å². The average Bonchev–Trinajstić information content (AvgIpc) is 3.34. The molecule has 3 fully saturated rings. The van der Waals surface area contributed by atoms with E-state index < -0.39 is 11.9 Å². The fraction of sp³-hybridized carbons (Fsp3) is 0.385. The topological polar surface area (TPSA) is 84.0 Å². The Hall–Kier alpha value is -1.94. The smallest absolute Gasteiger partial charge is 0.316 e. The Bertz CT molecular complexity index is 1290. The highest BCUT2D eigenvalue weighted by Gasteiger charge is 2.52. The highest BCUT2D eigenvalue weighted by molar-refractivity contribution is 9.12. The number of imide groups is 1. The summed E-state index contributed by atoms with van der Waals surface area (Å²) >= 11 is 19.5. The number of rotatable bonds is 4. The van der Waals surface area contributed by atoms with Crippen LogP contribution in [0.2, 0.25) is 10.0 Å². The molecular formula is C26H22Br2Cl2N2O5. The van der Waals surface area contributed by atoms with Crippen molar-refractivity contribution in [2.45, 2.75) is 35.8 Å². The minimum atomic E-state index is -0.679. The maximum atomic E-state index is 13.1. The number of alkyl halides is 2. The molecule has 37 heavy (non-hydrogen) atoms. The lowest BCUT2D eigenvalue weighted by Gasteiger charge is -2.29. The highest BCUT2D eigenvalue weighted by atomic mass is 79.9. The molecule has 0 unspecified atom stereocenters. The van der Waals surface area contributed by atoms with E-state index in [1.165, 1.54) is 9.80 Å². The third-order valence-electron chi connectivity index (χ3n) is 7.22. The van der Waals surface area contributed by atoms with Crippen LogP contribution in [0.5, 0.6) is 5.75 Å².